The molecule has 2 N–H and O–H groups in total. The van der Waals surface area contributed by atoms with Crippen LogP contribution in [0.4, 0.5) is 0 Å². The first kappa shape index (κ1) is 21.1. The van der Waals surface area contributed by atoms with Crippen LogP contribution in [0.15, 0.2) is 23.2 Å². The molecule has 6 nitrogen and oxygen atoms in total. The fourth-order valence-electron chi connectivity index (χ4n) is 2.51. The molecule has 1 aliphatic heterocycles. The predicted octanol–water partition coefficient (Wildman–Crippen LogP) is 3.36. The molecule has 0 radical (unpaired) electrons. The number of allylic oxidation sites excluding steroid dienone is 2. The molecule has 0 aromatic carbocycles. The molecule has 140 valence electrons. The summed E-state index contributed by atoms with van der Waals surface area (Å²) in [5.41, 5.74) is 1.51. The minimum Gasteiger partial charge on any atom is -0.336 e. The number of rotatable bonds is 7. The summed E-state index contributed by atoms with van der Waals surface area (Å²) in [5.74, 6) is 0.350. The SMILES string of the molecule is CC.CC/C=C\C=N/CNC1CCN(C(=O)c2cc(C(C)C)[nH]n2)C1. The lowest BCUT2D eigenvalue weighted by atomic mass is 10.1. The molecule has 0 saturated carbocycles. The Hall–Kier alpha value is -1.95. The molecule has 0 aliphatic carbocycles. The molecule has 0 spiro atoms. The molecule has 0 bridgehead atoms. The van der Waals surface area contributed by atoms with E-state index in [2.05, 4.69) is 47.4 Å². The lowest BCUT2D eigenvalue weighted by Gasteiger charge is -2.15. The topological polar surface area (TPSA) is 73.4 Å². The number of carbonyl (C=O) groups excluding carboxylic acids is 1. The van der Waals surface area contributed by atoms with Gasteiger partial charge in [-0.05, 0) is 30.9 Å². The van der Waals surface area contributed by atoms with E-state index < -0.39 is 0 Å². The number of H-pyrrole nitrogens is 1. The van der Waals surface area contributed by atoms with Crippen LogP contribution in [-0.2, 0) is 0 Å². The van der Waals surface area contributed by atoms with Crippen LogP contribution < -0.4 is 5.32 Å². The smallest absolute Gasteiger partial charge is 0.274 e. The normalized spacial score (nSPS) is 17.5. The average molecular weight is 348 g/mol. The first-order valence-electron chi connectivity index (χ1n) is 9.34. The highest BCUT2D eigenvalue weighted by molar-refractivity contribution is 5.92. The maximum atomic E-state index is 12.5. The maximum absolute atomic E-state index is 12.5. The van der Waals surface area contributed by atoms with Gasteiger partial charge in [-0.25, -0.2) is 0 Å². The number of amides is 1. The van der Waals surface area contributed by atoms with Gasteiger partial charge in [0.05, 0.1) is 6.67 Å². The van der Waals surface area contributed by atoms with Crippen molar-refractivity contribution < 1.29 is 4.79 Å². The molecule has 1 unspecified atom stereocenters. The van der Waals surface area contributed by atoms with Crippen molar-refractivity contribution in [1.29, 1.82) is 0 Å². The van der Waals surface area contributed by atoms with Gasteiger partial charge < -0.3 is 4.90 Å². The average Bonchev–Trinajstić information content (AvgIpc) is 3.29. The fourth-order valence-corrected chi connectivity index (χ4v) is 2.51. The molecule has 1 aliphatic rings. The van der Waals surface area contributed by atoms with Gasteiger partial charge in [-0.2, -0.15) is 5.10 Å². The number of hydrogen-bond acceptors (Lipinski definition) is 4. The van der Waals surface area contributed by atoms with Crippen LogP contribution in [0.1, 0.15) is 69.6 Å². The Morgan fingerprint density at radius 2 is 2.28 bits per heavy atom. The van der Waals surface area contributed by atoms with E-state index in [1.165, 1.54) is 0 Å². The highest BCUT2D eigenvalue weighted by atomic mass is 16.2. The van der Waals surface area contributed by atoms with Crippen LogP contribution in [-0.4, -0.2) is 53.0 Å². The van der Waals surface area contributed by atoms with Crippen LogP contribution in [0.2, 0.25) is 0 Å². The third kappa shape index (κ3) is 6.82. The third-order valence-corrected chi connectivity index (χ3v) is 3.95. The zero-order valence-electron chi connectivity index (χ0n) is 16.2. The number of aliphatic imine (C=N–C) groups is 1. The fraction of sp³-hybridized carbons (Fsp3) is 0.632. The summed E-state index contributed by atoms with van der Waals surface area (Å²) in [5, 5.41) is 10.4. The lowest BCUT2D eigenvalue weighted by molar-refractivity contribution is 0.0783. The molecule has 1 amide bonds. The van der Waals surface area contributed by atoms with Crippen molar-refractivity contribution in [2.45, 2.75) is 59.4 Å². The summed E-state index contributed by atoms with van der Waals surface area (Å²) >= 11 is 0. The van der Waals surface area contributed by atoms with Gasteiger partial charge in [-0.15, -0.1) is 0 Å². The number of aromatic nitrogens is 2. The summed E-state index contributed by atoms with van der Waals surface area (Å²) in [6.07, 6.45) is 7.80. The highest BCUT2D eigenvalue weighted by Crippen LogP contribution is 2.16. The molecule has 1 aromatic rings. The van der Waals surface area contributed by atoms with Gasteiger partial charge in [-0.1, -0.05) is 40.7 Å². The minimum absolute atomic E-state index is 0.00632. The monoisotopic (exact) mass is 347 g/mol. The Morgan fingerprint density at radius 3 is 2.92 bits per heavy atom. The molecule has 6 heteroatoms. The van der Waals surface area contributed by atoms with E-state index in [0.717, 1.165) is 25.1 Å². The Labute approximate surface area is 151 Å². The van der Waals surface area contributed by atoms with Crippen LogP contribution in [0.5, 0.6) is 0 Å². The summed E-state index contributed by atoms with van der Waals surface area (Å²) in [7, 11) is 0. The molecule has 1 saturated heterocycles. The zero-order valence-corrected chi connectivity index (χ0v) is 16.2. The van der Waals surface area contributed by atoms with Gasteiger partial charge in [0.15, 0.2) is 0 Å². The lowest BCUT2D eigenvalue weighted by Crippen LogP contribution is -2.35. The van der Waals surface area contributed by atoms with Crippen molar-refractivity contribution in [3.63, 3.8) is 0 Å². The molecular weight excluding hydrogens is 314 g/mol. The summed E-state index contributed by atoms with van der Waals surface area (Å²) in [6, 6.07) is 2.16. The minimum atomic E-state index is 0.00632. The van der Waals surface area contributed by atoms with Crippen LogP contribution in [0.25, 0.3) is 0 Å². The van der Waals surface area contributed by atoms with Crippen LogP contribution in [0.3, 0.4) is 0 Å². The number of carbonyl (C=O) groups is 1. The molecular formula is C19H33N5O. The van der Waals surface area contributed by atoms with E-state index in [1.54, 1.807) is 0 Å². The van der Waals surface area contributed by atoms with Gasteiger partial charge in [0.25, 0.3) is 5.91 Å². The second-order valence-corrected chi connectivity index (χ2v) is 6.13. The number of aromatic amines is 1. The largest absolute Gasteiger partial charge is 0.336 e. The van der Waals surface area contributed by atoms with Crippen molar-refractivity contribution in [3.8, 4) is 0 Å². The predicted molar refractivity (Wildman–Crippen MR) is 104 cm³/mol. The zero-order chi connectivity index (χ0) is 18.7. The molecule has 1 aromatic heterocycles. The molecule has 1 fully saturated rings. The van der Waals surface area contributed by atoms with Crippen molar-refractivity contribution in [2.24, 2.45) is 4.99 Å². The summed E-state index contributed by atoms with van der Waals surface area (Å²) < 4.78 is 0. The number of nitrogens with zero attached hydrogens (tertiary/aromatic N) is 3. The van der Waals surface area contributed by atoms with Crippen molar-refractivity contribution in [1.82, 2.24) is 20.4 Å². The second kappa shape index (κ2) is 11.6. The molecule has 2 rings (SSSR count). The summed E-state index contributed by atoms with van der Waals surface area (Å²) in [6.45, 7) is 12.3. The van der Waals surface area contributed by atoms with Gasteiger partial charge >= 0.3 is 0 Å². The van der Waals surface area contributed by atoms with Gasteiger partial charge in [0, 0.05) is 31.0 Å². The Bertz CT molecular complexity index is 562. The Morgan fingerprint density at radius 1 is 1.52 bits per heavy atom. The maximum Gasteiger partial charge on any atom is 0.274 e. The van der Waals surface area contributed by atoms with E-state index >= 15 is 0 Å². The number of hydrogen-bond donors (Lipinski definition) is 2. The van der Waals surface area contributed by atoms with E-state index in [0.29, 0.717) is 30.9 Å². The van der Waals surface area contributed by atoms with Gasteiger partial charge in [-0.3, -0.25) is 20.2 Å². The molecule has 25 heavy (non-hydrogen) atoms. The second-order valence-electron chi connectivity index (χ2n) is 6.13. The highest BCUT2D eigenvalue weighted by Gasteiger charge is 2.27. The molecule has 1 atom stereocenters. The van der Waals surface area contributed by atoms with Crippen molar-refractivity contribution in [3.05, 3.63) is 29.6 Å². The quantitative estimate of drug-likeness (QED) is 0.743. The van der Waals surface area contributed by atoms with E-state index in [-0.39, 0.29) is 5.91 Å². The van der Waals surface area contributed by atoms with E-state index in [1.807, 2.05) is 37.1 Å². The van der Waals surface area contributed by atoms with Gasteiger partial charge in [0.1, 0.15) is 5.69 Å². The molecule has 2 heterocycles. The van der Waals surface area contributed by atoms with Crippen LogP contribution >= 0.6 is 0 Å². The Balaban J connectivity index is 0.00000151. The third-order valence-electron chi connectivity index (χ3n) is 3.95. The van der Waals surface area contributed by atoms with E-state index in [4.69, 9.17) is 0 Å². The first-order valence-corrected chi connectivity index (χ1v) is 9.34. The number of likely N-dealkylation sites (tertiary alicyclic amines) is 1. The Kier molecular flexibility index (Phi) is 9.77. The van der Waals surface area contributed by atoms with Crippen LogP contribution in [0, 0.1) is 0 Å². The summed E-state index contributed by atoms with van der Waals surface area (Å²) in [4.78, 5) is 18.6. The van der Waals surface area contributed by atoms with Crippen molar-refractivity contribution in [2.75, 3.05) is 19.8 Å². The standard InChI is InChI=1S/C17H27N5O.C2H6/c1-4-5-6-8-18-12-19-14-7-9-22(11-14)17(23)16-10-15(13(2)3)20-21-16;1-2/h5-6,8,10,13-14,19H,4,7,9,11-12H2,1-3H3,(H,20,21);1-2H3/b6-5-,18-8-;. The first-order chi connectivity index (χ1) is 12.1. The van der Waals surface area contributed by atoms with E-state index in [9.17, 15) is 4.79 Å². The van der Waals surface area contributed by atoms with Crippen molar-refractivity contribution >= 4 is 12.1 Å². The van der Waals surface area contributed by atoms with Gasteiger partial charge in [0.2, 0.25) is 0 Å². The number of nitrogens with one attached hydrogen (secondary N) is 2.